The number of para-hydroxylation sites is 6. The van der Waals surface area contributed by atoms with E-state index in [0.717, 1.165) is 168 Å². The fourth-order valence-electron chi connectivity index (χ4n) is 11.1. The number of rotatable bonds is 7. The molecule has 2 saturated heterocycles. The third-order valence-electron chi connectivity index (χ3n) is 16.9. The monoisotopic (exact) mass is 1820 g/mol. The van der Waals surface area contributed by atoms with E-state index in [1.165, 1.54) is 90.9 Å². The maximum atomic E-state index is 13.8. The average molecular weight is 1820 g/mol. The summed E-state index contributed by atoms with van der Waals surface area (Å²) in [6.45, 7) is 8.19. The first-order chi connectivity index (χ1) is 57.4. The molecular weight excluding hydrogens is 1740 g/mol. The van der Waals surface area contributed by atoms with Crippen LogP contribution in [0, 0.1) is 40.7 Å². The number of thiol groups is 1. The summed E-state index contributed by atoms with van der Waals surface area (Å²) in [7, 11) is 2.37. The van der Waals surface area contributed by atoms with E-state index >= 15 is 0 Å². The normalized spacial score (nSPS) is 12.7. The predicted octanol–water partition coefficient (Wildman–Crippen LogP) is 18.0. The number of amidine groups is 1. The van der Waals surface area contributed by atoms with E-state index in [9.17, 15) is 49.9 Å². The second-order valence-electron chi connectivity index (χ2n) is 25.2. The Hall–Kier alpha value is -9.56. The van der Waals surface area contributed by atoms with Gasteiger partial charge in [0.15, 0.2) is 0 Å². The maximum absolute atomic E-state index is 13.8. The van der Waals surface area contributed by atoms with Crippen LogP contribution in [-0.2, 0) is 9.47 Å². The number of nitrogens with one attached hydrogen (secondary N) is 4. The molecule has 12 aromatic rings. The minimum Gasteiger partial charge on any atom is -0.870 e. The van der Waals surface area contributed by atoms with Crippen molar-refractivity contribution in [3.63, 3.8) is 0 Å². The number of carbonyl (C=O) groups is 4. The Bertz CT molecular complexity index is 5630. The number of amides is 1. The summed E-state index contributed by atoms with van der Waals surface area (Å²) in [4.78, 5) is 66.1. The average Bonchev–Trinajstić information content (AvgIpc) is 1.62. The third-order valence-corrected chi connectivity index (χ3v) is 23.4. The maximum Gasteiger partial charge on any atom is 1.00 e. The summed E-state index contributed by atoms with van der Waals surface area (Å²) in [5.74, 6) is -5.42. The molecule has 33 heteroatoms. The number of esters is 2. The molecule has 628 valence electrons. The molecule has 0 bridgehead atoms. The van der Waals surface area contributed by atoms with Crippen LogP contribution in [0.25, 0.3) is 0 Å². The van der Waals surface area contributed by atoms with Crippen LogP contribution in [0.3, 0.4) is 0 Å². The van der Waals surface area contributed by atoms with Gasteiger partial charge in [0.2, 0.25) is 0 Å². The number of nitrogens with zero attached hydrogens (tertiary/aromatic N) is 3. The number of nitrogen functional groups attached to an aromatic ring is 3. The van der Waals surface area contributed by atoms with Crippen molar-refractivity contribution in [2.24, 2.45) is 9.98 Å². The number of hydrogen-bond acceptors (Lipinski definition) is 22. The minimum absolute atomic E-state index is 0. The molecule has 0 aromatic heterocycles. The first-order valence-electron chi connectivity index (χ1n) is 36.2. The second-order valence-corrected chi connectivity index (χ2v) is 31.5. The summed E-state index contributed by atoms with van der Waals surface area (Å²) in [6, 6.07) is 69.3. The van der Waals surface area contributed by atoms with Gasteiger partial charge < -0.3 is 63.4 Å². The molecular formula is C89H81ClF7KN10O8S6. The summed E-state index contributed by atoms with van der Waals surface area (Å²) < 4.78 is 100. The van der Waals surface area contributed by atoms with Gasteiger partial charge >= 0.3 is 69.3 Å². The Balaban J connectivity index is 0.000000195. The molecule has 12 aromatic carbocycles. The molecule has 0 atom stereocenters. The summed E-state index contributed by atoms with van der Waals surface area (Å²) >= 11 is 17.4. The zero-order chi connectivity index (χ0) is 84.9. The van der Waals surface area contributed by atoms with Gasteiger partial charge in [0, 0.05) is 134 Å². The standard InChI is InChI=1S/C17H16FN3S.C14H12FNO2S.C13H7ClFNS.C13H10FNO2S.C13H8FNOS.C8H6F2O2.C6H7NS.C4H10N2.CH4.K.H2O/c18-12-5-6-15-13(11-12)17(21-9-7-19-8-10-21)20-14-3-1-2-4-16(14)22-15;1-18-14(17)10-8-9(15)6-7-12(10)19-13-5-3-2-4-11(13)16;14-13-9-7-8(15)5-6-11(9)17-12-4-2-1-3-10(12)16-13;14-8-5-6-11(9(7-8)13(16)17)18-12-4-2-1-3-10(12)15;14-8-5-6-11-9(7-8)13(16)15-10-3-1-2-4-12(10)17-11;1-12-8(11)6-4-5(9)2-3-7(6)10;7-5-3-1-2-4-6(5)8;1-2-6-4-3-5-1;;;/h1-6,11,19H,7-10H2;2-8H,16H2,1H3;1-7H;1-7H,15H2,(H,16,17);1-7H,(H,15,16);2-4H,1H3;1-4,8H,7H2;5-6H,1-4H2;1H4;;1H2/q;;;;;;;;;+1;/p-1. The van der Waals surface area contributed by atoms with Crippen LogP contribution in [-0.4, -0.2) is 117 Å². The van der Waals surface area contributed by atoms with E-state index in [4.69, 9.17) is 38.9 Å². The number of carboxylic acid groups (broad SMARTS) is 1. The van der Waals surface area contributed by atoms with Gasteiger partial charge in [0.05, 0.1) is 53.5 Å². The molecule has 0 unspecified atom stereocenters. The van der Waals surface area contributed by atoms with Gasteiger partial charge in [-0.25, -0.2) is 55.1 Å². The molecule has 2 fully saturated rings. The van der Waals surface area contributed by atoms with E-state index in [1.807, 2.05) is 121 Å². The number of aliphatic imine (C=N–C) groups is 2. The number of ether oxygens (including phenoxy) is 2. The van der Waals surface area contributed by atoms with Gasteiger partial charge in [-0.15, -0.1) is 12.6 Å². The van der Waals surface area contributed by atoms with Crippen molar-refractivity contribution >= 4 is 152 Å². The number of hydrogen-bond donors (Lipinski definition) is 9. The Morgan fingerprint density at radius 1 is 0.451 bits per heavy atom. The number of carbonyl (C=O) groups excluding carboxylic acids is 3. The fourth-order valence-corrected chi connectivity index (χ4v) is 16.5. The second kappa shape index (κ2) is 50.3. The number of anilines is 4. The van der Waals surface area contributed by atoms with E-state index in [-0.39, 0.29) is 93.0 Å². The molecule has 17 rings (SSSR count). The molecule has 12 N–H and O–H groups in total. The minimum atomic E-state index is -1.16. The number of benzene rings is 12. The number of halogens is 8. The zero-order valence-electron chi connectivity index (χ0n) is 64.8. The van der Waals surface area contributed by atoms with Crippen LogP contribution in [0.15, 0.2) is 319 Å². The molecule has 122 heavy (non-hydrogen) atoms. The van der Waals surface area contributed by atoms with E-state index < -0.39 is 52.6 Å². The molecule has 0 aliphatic carbocycles. The topological polar surface area (TPSA) is 291 Å². The van der Waals surface area contributed by atoms with Crippen LogP contribution in [0.5, 0.6) is 0 Å². The number of fused-ring (bicyclic) bond motifs is 6. The van der Waals surface area contributed by atoms with Gasteiger partial charge in [0.25, 0.3) is 5.91 Å². The predicted molar refractivity (Wildman–Crippen MR) is 473 cm³/mol. The third kappa shape index (κ3) is 29.3. The Morgan fingerprint density at radius 2 is 0.836 bits per heavy atom. The van der Waals surface area contributed by atoms with E-state index in [0.29, 0.717) is 37.5 Å². The molecule has 18 nitrogen and oxygen atoms in total. The Kier molecular flexibility index (Phi) is 41.0. The van der Waals surface area contributed by atoms with Gasteiger partial charge in [-0.2, -0.15) is 0 Å². The number of carboxylic acids is 1. The Morgan fingerprint density at radius 3 is 1.34 bits per heavy atom. The van der Waals surface area contributed by atoms with E-state index in [1.54, 1.807) is 72.1 Å². The SMILES string of the molecule is C.C1CNCCN1.COC(=O)c1cc(F)ccc1F.COC(=O)c1cc(F)ccc1Sc1ccccc1N.Fc1ccc2c(c1)C(Cl)=Nc1ccccc1S2.Fc1ccc2c(c1)C(N1CCNCC1)=Nc1ccccc1S2.Nc1ccccc1S.Nc1ccccc1Sc1ccc(F)cc1C(=O)O.O=C1Nc2ccccc2Sc2ccc(F)cc21.[K+].[OH-]. The number of aromatic carboxylic acids is 1. The van der Waals surface area contributed by atoms with Crippen molar-refractivity contribution in [3.05, 3.63) is 329 Å². The van der Waals surface area contributed by atoms with Crippen LogP contribution in [0.2, 0.25) is 0 Å². The molecule has 5 aliphatic heterocycles. The smallest absolute Gasteiger partial charge is 0.870 e. The molecule has 0 radical (unpaired) electrons. The van der Waals surface area contributed by atoms with Gasteiger partial charge in [-0.3, -0.25) is 4.79 Å². The number of nitrogens with two attached hydrogens (primary N) is 3. The van der Waals surface area contributed by atoms with Crippen LogP contribution in [0.4, 0.5) is 64.9 Å². The molecule has 0 saturated carbocycles. The van der Waals surface area contributed by atoms with E-state index in [2.05, 4.69) is 59.3 Å². The van der Waals surface area contributed by atoms with Gasteiger partial charge in [0.1, 0.15) is 51.7 Å². The number of methoxy groups -OCH3 is 2. The Labute approximate surface area is 775 Å². The van der Waals surface area contributed by atoms with Crippen molar-refractivity contribution in [3.8, 4) is 0 Å². The first kappa shape index (κ1) is 99.5. The largest absolute Gasteiger partial charge is 1.00 e. The molecule has 1 amide bonds. The van der Waals surface area contributed by atoms with Crippen molar-refractivity contribution in [2.45, 2.75) is 61.3 Å². The van der Waals surface area contributed by atoms with Crippen molar-refractivity contribution < 1.29 is 121 Å². The van der Waals surface area contributed by atoms with Crippen LogP contribution >= 0.6 is 83.0 Å². The summed E-state index contributed by atoms with van der Waals surface area (Å²) in [5, 5.41) is 21.9. The van der Waals surface area contributed by atoms with Crippen molar-refractivity contribution in [2.75, 3.05) is 89.1 Å². The van der Waals surface area contributed by atoms with Crippen molar-refractivity contribution in [1.82, 2.24) is 20.9 Å². The van der Waals surface area contributed by atoms with Crippen LogP contribution < -0.4 is 89.9 Å². The first-order valence-corrected chi connectivity index (χ1v) is 41.1. The summed E-state index contributed by atoms with van der Waals surface area (Å²) in [5.41, 5.74) is 23.2. The summed E-state index contributed by atoms with van der Waals surface area (Å²) in [6.07, 6.45) is 0. The fraction of sp³-hybridized carbons (Fsp3) is 0.124. The number of piperazine rings is 2. The van der Waals surface area contributed by atoms with Crippen LogP contribution in [0.1, 0.15) is 60.0 Å². The zero-order valence-corrected chi connectivity index (χ0v) is 73.7. The molecule has 5 aliphatic rings. The quantitative estimate of drug-likeness (QED) is 0.0236. The molecule has 5 heterocycles. The van der Waals surface area contributed by atoms with Crippen molar-refractivity contribution in [1.29, 1.82) is 0 Å². The van der Waals surface area contributed by atoms with Gasteiger partial charge in [-0.05, 0) is 182 Å². The van der Waals surface area contributed by atoms with Gasteiger partial charge in [-0.1, -0.05) is 151 Å². The molecule has 0 spiro atoms.